The molecule has 0 aromatic heterocycles. The van der Waals surface area contributed by atoms with Crippen LogP contribution in [0.15, 0.2) is 29.2 Å². The summed E-state index contributed by atoms with van der Waals surface area (Å²) in [7, 11) is -3.79. The monoisotopic (exact) mass is 325 g/mol. The second kappa shape index (κ2) is 7.21. The van der Waals surface area contributed by atoms with Gasteiger partial charge in [0.25, 0.3) is 5.91 Å². The molecule has 1 atom stereocenters. The summed E-state index contributed by atoms with van der Waals surface area (Å²) in [6, 6.07) is 5.77. The van der Waals surface area contributed by atoms with E-state index in [0.29, 0.717) is 18.0 Å². The van der Waals surface area contributed by atoms with Crippen molar-refractivity contribution in [2.75, 3.05) is 26.2 Å². The summed E-state index contributed by atoms with van der Waals surface area (Å²) in [5.74, 6) is 0.423. The Hall–Kier alpha value is -1.44. The Morgan fingerprint density at radius 2 is 2.23 bits per heavy atom. The number of piperidine rings is 1. The summed E-state index contributed by atoms with van der Waals surface area (Å²) in [6.07, 6.45) is 2.47. The summed E-state index contributed by atoms with van der Waals surface area (Å²) in [4.78, 5) is 14.4. The quantitative estimate of drug-likeness (QED) is 0.837. The van der Waals surface area contributed by atoms with Gasteiger partial charge in [0.05, 0.1) is 4.90 Å². The van der Waals surface area contributed by atoms with Gasteiger partial charge in [0.1, 0.15) is 0 Å². The molecule has 1 aromatic rings. The van der Waals surface area contributed by atoms with Crippen molar-refractivity contribution in [3.8, 4) is 0 Å². The van der Waals surface area contributed by atoms with E-state index >= 15 is 0 Å². The number of carbonyl (C=O) groups is 1. The number of hydrogen-bond acceptors (Lipinski definition) is 4. The van der Waals surface area contributed by atoms with E-state index < -0.39 is 10.0 Å². The molecule has 122 valence electrons. The Labute approximate surface area is 131 Å². The average Bonchev–Trinajstić information content (AvgIpc) is 2.46. The van der Waals surface area contributed by atoms with Crippen molar-refractivity contribution < 1.29 is 13.2 Å². The number of nitrogens with two attached hydrogens (primary N) is 1. The lowest BCUT2D eigenvalue weighted by Crippen LogP contribution is -2.40. The molecule has 22 heavy (non-hydrogen) atoms. The smallest absolute Gasteiger partial charge is 0.251 e. The predicted octanol–water partition coefficient (Wildman–Crippen LogP) is 0.796. The van der Waals surface area contributed by atoms with Crippen LogP contribution in [0.25, 0.3) is 0 Å². The molecular formula is C15H23N3O3S. The maximum Gasteiger partial charge on any atom is 0.251 e. The van der Waals surface area contributed by atoms with Crippen molar-refractivity contribution in [1.82, 2.24) is 10.2 Å². The zero-order valence-corrected chi connectivity index (χ0v) is 13.6. The first-order valence-electron chi connectivity index (χ1n) is 7.49. The molecule has 2 rings (SSSR count). The summed E-state index contributed by atoms with van der Waals surface area (Å²) >= 11 is 0. The minimum atomic E-state index is -3.79. The predicted molar refractivity (Wildman–Crippen MR) is 85.0 cm³/mol. The average molecular weight is 325 g/mol. The van der Waals surface area contributed by atoms with Crippen LogP contribution in [-0.4, -0.2) is 45.4 Å². The lowest BCUT2D eigenvalue weighted by Gasteiger charge is -2.30. The Morgan fingerprint density at radius 3 is 2.91 bits per heavy atom. The lowest BCUT2D eigenvalue weighted by atomic mass is 10.0. The molecule has 1 aliphatic heterocycles. The number of amides is 1. The van der Waals surface area contributed by atoms with Crippen LogP contribution in [0.3, 0.4) is 0 Å². The lowest BCUT2D eigenvalue weighted by molar-refractivity contribution is 0.0943. The first kappa shape index (κ1) is 16.9. The molecule has 1 amide bonds. The number of rotatable bonds is 5. The van der Waals surface area contributed by atoms with Crippen molar-refractivity contribution in [3.05, 3.63) is 29.8 Å². The molecule has 1 aliphatic rings. The van der Waals surface area contributed by atoms with Gasteiger partial charge in [-0.2, -0.15) is 0 Å². The van der Waals surface area contributed by atoms with Crippen LogP contribution in [0.1, 0.15) is 30.1 Å². The second-order valence-corrected chi connectivity index (χ2v) is 7.44. The van der Waals surface area contributed by atoms with E-state index in [0.717, 1.165) is 19.6 Å². The zero-order chi connectivity index (χ0) is 16.2. The maximum absolute atomic E-state index is 12.1. The van der Waals surface area contributed by atoms with E-state index in [2.05, 4.69) is 17.1 Å². The van der Waals surface area contributed by atoms with Crippen molar-refractivity contribution in [2.45, 2.75) is 24.7 Å². The highest BCUT2D eigenvalue weighted by Crippen LogP contribution is 2.14. The Kier molecular flexibility index (Phi) is 5.55. The number of likely N-dealkylation sites (tertiary alicyclic amines) is 1. The Bertz CT molecular complexity index is 631. The molecule has 0 unspecified atom stereocenters. The molecule has 1 heterocycles. The number of sulfonamides is 1. The van der Waals surface area contributed by atoms with Gasteiger partial charge < -0.3 is 10.2 Å². The van der Waals surface area contributed by atoms with Crippen LogP contribution in [-0.2, 0) is 10.0 Å². The highest BCUT2D eigenvalue weighted by molar-refractivity contribution is 7.89. The zero-order valence-electron chi connectivity index (χ0n) is 12.8. The van der Waals surface area contributed by atoms with Crippen LogP contribution in [0.2, 0.25) is 0 Å². The van der Waals surface area contributed by atoms with Crippen LogP contribution in [0.4, 0.5) is 0 Å². The molecule has 1 aromatic carbocycles. The molecule has 0 bridgehead atoms. The van der Waals surface area contributed by atoms with Gasteiger partial charge in [0.2, 0.25) is 10.0 Å². The number of nitrogens with zero attached hydrogens (tertiary/aromatic N) is 1. The van der Waals surface area contributed by atoms with Crippen molar-refractivity contribution in [1.29, 1.82) is 0 Å². The first-order chi connectivity index (χ1) is 10.4. The molecule has 0 spiro atoms. The molecule has 7 heteroatoms. The fraction of sp³-hybridized carbons (Fsp3) is 0.533. The van der Waals surface area contributed by atoms with Crippen LogP contribution in [0.5, 0.6) is 0 Å². The molecule has 1 saturated heterocycles. The number of primary sulfonamides is 1. The third-order valence-electron chi connectivity index (χ3n) is 3.88. The molecule has 3 N–H and O–H groups in total. The first-order valence-corrected chi connectivity index (χ1v) is 9.04. The molecule has 0 radical (unpaired) electrons. The third-order valence-corrected chi connectivity index (χ3v) is 4.79. The van der Waals surface area contributed by atoms with Gasteiger partial charge in [0, 0.05) is 25.2 Å². The van der Waals surface area contributed by atoms with Gasteiger partial charge in [0.15, 0.2) is 0 Å². The minimum absolute atomic E-state index is 0.0509. The van der Waals surface area contributed by atoms with Crippen LogP contribution in [0, 0.1) is 5.92 Å². The molecule has 0 aliphatic carbocycles. The normalized spacial score (nSPS) is 19.8. The Balaban J connectivity index is 1.87. The van der Waals surface area contributed by atoms with Crippen molar-refractivity contribution in [3.63, 3.8) is 0 Å². The molecule has 0 saturated carbocycles. The second-order valence-electron chi connectivity index (χ2n) is 5.88. The molecular weight excluding hydrogens is 302 g/mol. The van der Waals surface area contributed by atoms with E-state index in [1.54, 1.807) is 6.07 Å². The van der Waals surface area contributed by atoms with Gasteiger partial charge in [-0.1, -0.05) is 13.0 Å². The van der Waals surface area contributed by atoms with Crippen LogP contribution < -0.4 is 10.5 Å². The topological polar surface area (TPSA) is 92.5 Å². The highest BCUT2D eigenvalue weighted by atomic mass is 32.2. The third kappa shape index (κ3) is 4.79. The summed E-state index contributed by atoms with van der Waals surface area (Å²) in [6.45, 7) is 5.73. The number of hydrogen-bond donors (Lipinski definition) is 2. The minimum Gasteiger partial charge on any atom is -0.351 e. The van der Waals surface area contributed by atoms with Crippen molar-refractivity contribution in [2.24, 2.45) is 11.1 Å². The van der Waals surface area contributed by atoms with Gasteiger partial charge in [-0.05, 0) is 43.5 Å². The fourth-order valence-corrected chi connectivity index (χ4v) is 3.29. The maximum atomic E-state index is 12.1. The number of benzene rings is 1. The van der Waals surface area contributed by atoms with E-state index in [1.807, 2.05) is 0 Å². The van der Waals surface area contributed by atoms with Crippen LogP contribution >= 0.6 is 0 Å². The van der Waals surface area contributed by atoms with E-state index in [1.165, 1.54) is 31.0 Å². The van der Waals surface area contributed by atoms with Gasteiger partial charge >= 0.3 is 0 Å². The van der Waals surface area contributed by atoms with Gasteiger partial charge in [-0.3, -0.25) is 4.79 Å². The molecule has 6 nitrogen and oxygen atoms in total. The number of nitrogens with one attached hydrogen (secondary N) is 1. The largest absolute Gasteiger partial charge is 0.351 e. The van der Waals surface area contributed by atoms with E-state index in [4.69, 9.17) is 5.14 Å². The van der Waals surface area contributed by atoms with Gasteiger partial charge in [-0.15, -0.1) is 0 Å². The van der Waals surface area contributed by atoms with E-state index in [-0.39, 0.29) is 10.8 Å². The summed E-state index contributed by atoms with van der Waals surface area (Å²) < 4.78 is 22.6. The summed E-state index contributed by atoms with van der Waals surface area (Å²) in [5.41, 5.74) is 0.304. The summed E-state index contributed by atoms with van der Waals surface area (Å²) in [5, 5.41) is 7.89. The number of carbonyl (C=O) groups excluding carboxylic acids is 1. The SMILES string of the molecule is C[C@@H]1CCCN(CCNC(=O)c2cccc(S(N)(=O)=O)c2)C1. The van der Waals surface area contributed by atoms with Gasteiger partial charge in [-0.25, -0.2) is 13.6 Å². The van der Waals surface area contributed by atoms with E-state index in [9.17, 15) is 13.2 Å². The fourth-order valence-electron chi connectivity index (χ4n) is 2.73. The highest BCUT2D eigenvalue weighted by Gasteiger charge is 2.16. The Morgan fingerprint density at radius 1 is 1.45 bits per heavy atom. The standard InChI is InChI=1S/C15H23N3O3S/c1-12-4-3-8-18(11-12)9-7-17-15(19)13-5-2-6-14(10-13)22(16,20)21/h2,5-6,10,12H,3-4,7-9,11H2,1H3,(H,17,19)(H2,16,20,21)/t12-/m1/s1. The van der Waals surface area contributed by atoms with Crippen molar-refractivity contribution >= 4 is 15.9 Å². The molecule has 1 fully saturated rings.